The highest BCUT2D eigenvalue weighted by molar-refractivity contribution is 5.81. The third-order valence-corrected chi connectivity index (χ3v) is 5.01. The molecule has 0 N–H and O–H groups in total. The van der Waals surface area contributed by atoms with Crippen molar-refractivity contribution in [3.8, 4) is 0 Å². The molecule has 1 nitrogen and oxygen atoms in total. The average molecular weight is 293 g/mol. The fraction of sp³-hybridized carbons (Fsp3) is 0.333. The van der Waals surface area contributed by atoms with Crippen LogP contribution in [-0.4, -0.2) is 25.0 Å². The molecule has 1 heterocycles. The lowest BCUT2D eigenvalue weighted by atomic mass is 9.77. The van der Waals surface area contributed by atoms with E-state index in [1.807, 2.05) is 0 Å². The fourth-order valence-electron chi connectivity index (χ4n) is 3.85. The van der Waals surface area contributed by atoms with Crippen LogP contribution in [0.5, 0.6) is 0 Å². The van der Waals surface area contributed by atoms with Gasteiger partial charge in [-0.3, -0.25) is 0 Å². The second kappa shape index (κ2) is 5.73. The van der Waals surface area contributed by atoms with Gasteiger partial charge in [-0.1, -0.05) is 66.3 Å². The lowest BCUT2D eigenvalue weighted by Gasteiger charge is -2.31. The van der Waals surface area contributed by atoms with E-state index in [-0.39, 0.29) is 0 Å². The van der Waals surface area contributed by atoms with E-state index in [4.69, 9.17) is 4.11 Å². The van der Waals surface area contributed by atoms with Crippen molar-refractivity contribution in [3.05, 3.63) is 71.3 Å². The van der Waals surface area contributed by atoms with Crippen molar-refractivity contribution in [2.75, 3.05) is 20.1 Å². The first kappa shape index (κ1) is 10.8. The van der Waals surface area contributed by atoms with Gasteiger partial charge in [0.25, 0.3) is 0 Å². The number of nitrogens with zero attached hydrogens (tertiary/aromatic N) is 1. The van der Waals surface area contributed by atoms with Crippen molar-refractivity contribution < 1.29 is 4.11 Å². The van der Waals surface area contributed by atoms with E-state index in [0.29, 0.717) is 24.9 Å². The number of fused-ring (bicyclic) bond motifs is 2. The van der Waals surface area contributed by atoms with Gasteiger partial charge >= 0.3 is 0 Å². The van der Waals surface area contributed by atoms with Crippen LogP contribution in [0.3, 0.4) is 0 Å². The van der Waals surface area contributed by atoms with Crippen molar-refractivity contribution in [3.63, 3.8) is 0 Å². The Bertz CT molecular complexity index is 773. The van der Waals surface area contributed by atoms with E-state index < -0.39 is 6.98 Å². The Hall–Kier alpha value is -1.86. The molecule has 1 aromatic carbocycles. The maximum Gasteiger partial charge on any atom is 0.0394 e. The first-order valence-corrected chi connectivity index (χ1v) is 8.13. The highest BCUT2D eigenvalue weighted by atomic mass is 15.2. The van der Waals surface area contributed by atoms with Gasteiger partial charge in [-0.05, 0) is 36.5 Å². The average Bonchev–Trinajstić information content (AvgIpc) is 2.78. The maximum absolute atomic E-state index is 7.65. The van der Waals surface area contributed by atoms with Crippen LogP contribution in [0, 0.1) is 11.8 Å². The molecule has 0 saturated carbocycles. The Morgan fingerprint density at radius 3 is 2.73 bits per heavy atom. The molecule has 0 spiro atoms. The predicted octanol–water partition coefficient (Wildman–Crippen LogP) is 4.55. The Balaban J connectivity index is 1.76. The monoisotopic (exact) mass is 293 g/mol. The Morgan fingerprint density at radius 2 is 1.86 bits per heavy atom. The molecule has 0 bridgehead atoms. The van der Waals surface area contributed by atoms with Crippen LogP contribution in [0.15, 0.2) is 60.2 Å². The molecule has 0 radical (unpaired) electrons. The minimum absolute atomic E-state index is 0.346. The van der Waals surface area contributed by atoms with Gasteiger partial charge in [0.15, 0.2) is 0 Å². The van der Waals surface area contributed by atoms with Crippen molar-refractivity contribution in [2.45, 2.75) is 12.8 Å². The first-order chi connectivity index (χ1) is 12.0. The van der Waals surface area contributed by atoms with E-state index in [0.717, 1.165) is 12.8 Å². The third kappa shape index (κ3) is 2.40. The molecule has 4 rings (SSSR count). The van der Waals surface area contributed by atoms with Gasteiger partial charge in [0.05, 0.1) is 0 Å². The van der Waals surface area contributed by atoms with Crippen LogP contribution < -0.4 is 0 Å². The molecule has 22 heavy (non-hydrogen) atoms. The molecule has 2 aliphatic carbocycles. The topological polar surface area (TPSA) is 3.24 Å². The first-order valence-electron chi connectivity index (χ1n) is 9.63. The van der Waals surface area contributed by atoms with Crippen molar-refractivity contribution in [2.24, 2.45) is 11.8 Å². The molecule has 1 heteroatoms. The van der Waals surface area contributed by atoms with Crippen molar-refractivity contribution >= 4 is 11.6 Å². The van der Waals surface area contributed by atoms with E-state index in [9.17, 15) is 0 Å². The summed E-state index contributed by atoms with van der Waals surface area (Å²) in [7, 11) is 0. The molecule has 2 atom stereocenters. The number of allylic oxidation sites excluding steroid dienone is 6. The number of rotatable bonds is 0. The highest BCUT2D eigenvalue weighted by Crippen LogP contribution is 2.42. The maximum atomic E-state index is 7.65. The molecule has 2 unspecified atom stereocenters. The van der Waals surface area contributed by atoms with Gasteiger partial charge < -0.3 is 4.90 Å². The Kier molecular flexibility index (Phi) is 2.81. The Labute approximate surface area is 137 Å². The standard InChI is InChI=1S/C21H23N/c1-22-14-12-18(13-15-22)21-19-8-4-2-6-16(19)10-11-17-7-3-5-9-20(17)21/h2-11,16,19H,12-15H2,1H3/i1+1D3. The largest absolute Gasteiger partial charge is 0.306 e. The highest BCUT2D eigenvalue weighted by Gasteiger charge is 2.28. The molecular weight excluding hydrogens is 267 g/mol. The summed E-state index contributed by atoms with van der Waals surface area (Å²) >= 11 is 0. The molecule has 3 aliphatic rings. The number of benzene rings is 1. The molecule has 1 fully saturated rings. The van der Waals surface area contributed by atoms with Crippen LogP contribution in [0.25, 0.3) is 11.6 Å². The summed E-state index contributed by atoms with van der Waals surface area (Å²) in [6.45, 7) is -0.751. The summed E-state index contributed by atoms with van der Waals surface area (Å²) in [4.78, 5) is 1.63. The molecule has 1 saturated heterocycles. The number of hydrogen-bond donors (Lipinski definition) is 0. The van der Waals surface area contributed by atoms with Crippen molar-refractivity contribution in [1.29, 1.82) is 0 Å². The normalized spacial score (nSPS) is 30.1. The van der Waals surface area contributed by atoms with Gasteiger partial charge in [-0.25, -0.2) is 0 Å². The molecule has 1 aliphatic heterocycles. The van der Waals surface area contributed by atoms with E-state index in [1.165, 1.54) is 22.3 Å². The SMILES string of the molecule is [2H][13C]([2H])([2H])N1CCC(=C2c3ccccc3C=CC3C=CC=CC23)CC1. The lowest BCUT2D eigenvalue weighted by molar-refractivity contribution is 0.312. The number of likely N-dealkylation sites (tertiary alicyclic amines) is 1. The summed E-state index contributed by atoms with van der Waals surface area (Å²) in [6.07, 6.45) is 15.0. The summed E-state index contributed by atoms with van der Waals surface area (Å²) in [6, 6.07) is 8.58. The quantitative estimate of drug-likeness (QED) is 0.634. The fourth-order valence-corrected chi connectivity index (χ4v) is 3.85. The van der Waals surface area contributed by atoms with Crippen LogP contribution in [0.4, 0.5) is 0 Å². The minimum atomic E-state index is -1.98. The summed E-state index contributed by atoms with van der Waals surface area (Å²) in [5, 5.41) is 0. The number of hydrogen-bond acceptors (Lipinski definition) is 1. The second-order valence-corrected chi connectivity index (χ2v) is 6.32. The lowest BCUT2D eigenvalue weighted by Crippen LogP contribution is -2.27. The van der Waals surface area contributed by atoms with Gasteiger partial charge in [0.1, 0.15) is 0 Å². The van der Waals surface area contributed by atoms with E-state index >= 15 is 0 Å². The van der Waals surface area contributed by atoms with Gasteiger partial charge in [0.2, 0.25) is 0 Å². The third-order valence-electron chi connectivity index (χ3n) is 5.01. The van der Waals surface area contributed by atoms with E-state index in [1.54, 1.807) is 4.90 Å². The smallest absolute Gasteiger partial charge is 0.0394 e. The zero-order valence-electron chi connectivity index (χ0n) is 15.7. The minimum Gasteiger partial charge on any atom is -0.306 e. The van der Waals surface area contributed by atoms with Gasteiger partial charge in [-0.15, -0.1) is 0 Å². The second-order valence-electron chi connectivity index (χ2n) is 6.32. The van der Waals surface area contributed by atoms with Gasteiger partial charge in [0, 0.05) is 29.0 Å². The molecule has 0 amide bonds. The number of piperidine rings is 1. The van der Waals surface area contributed by atoms with Gasteiger partial charge in [-0.2, -0.15) is 0 Å². The Morgan fingerprint density at radius 1 is 1.05 bits per heavy atom. The molecule has 1 aromatic rings. The summed E-state index contributed by atoms with van der Waals surface area (Å²) in [5.74, 6) is 0.722. The summed E-state index contributed by atoms with van der Waals surface area (Å²) in [5.41, 5.74) is 5.41. The van der Waals surface area contributed by atoms with Crippen LogP contribution in [-0.2, 0) is 0 Å². The molecule has 0 aromatic heterocycles. The molecule has 112 valence electrons. The molecular formula is C21H23N. The summed E-state index contributed by atoms with van der Waals surface area (Å²) < 4.78 is 22.9. The zero-order valence-corrected chi connectivity index (χ0v) is 12.7. The van der Waals surface area contributed by atoms with Crippen LogP contribution in [0.1, 0.15) is 28.1 Å². The van der Waals surface area contributed by atoms with E-state index in [2.05, 4.69) is 60.7 Å². The van der Waals surface area contributed by atoms with Crippen molar-refractivity contribution in [1.82, 2.24) is 4.90 Å². The van der Waals surface area contributed by atoms with Crippen LogP contribution in [0.2, 0.25) is 0 Å². The predicted molar refractivity (Wildman–Crippen MR) is 94.4 cm³/mol. The zero-order chi connectivity index (χ0) is 17.4. The van der Waals surface area contributed by atoms with Crippen LogP contribution >= 0.6 is 0 Å².